The molecular weight excluding hydrogens is 230 g/mol. The summed E-state index contributed by atoms with van der Waals surface area (Å²) in [6.07, 6.45) is 2.26. The summed E-state index contributed by atoms with van der Waals surface area (Å²) in [5, 5.41) is 12.3. The van der Waals surface area contributed by atoms with Crippen LogP contribution in [-0.2, 0) is 6.42 Å². The lowest BCUT2D eigenvalue weighted by atomic mass is 10.1. The summed E-state index contributed by atoms with van der Waals surface area (Å²) in [4.78, 5) is 11.8. The Morgan fingerprint density at radius 3 is 2.89 bits per heavy atom. The molecule has 1 aromatic carbocycles. The zero-order chi connectivity index (χ0) is 13.0. The number of carbonyl (C=O) groups is 1. The van der Waals surface area contributed by atoms with Gasteiger partial charge < -0.3 is 14.8 Å². The first-order valence-corrected chi connectivity index (χ1v) is 5.77. The molecule has 2 aromatic rings. The first-order valence-electron chi connectivity index (χ1n) is 5.77. The van der Waals surface area contributed by atoms with Gasteiger partial charge in [-0.05, 0) is 36.8 Å². The van der Waals surface area contributed by atoms with Gasteiger partial charge in [0.25, 0.3) is 5.91 Å². The third-order valence-corrected chi connectivity index (χ3v) is 2.71. The molecule has 0 radical (unpaired) electrons. The topological polar surface area (TPSA) is 62.5 Å². The Morgan fingerprint density at radius 2 is 2.22 bits per heavy atom. The molecule has 0 spiro atoms. The molecule has 4 heteroatoms. The van der Waals surface area contributed by atoms with Crippen LogP contribution in [0.2, 0.25) is 0 Å². The van der Waals surface area contributed by atoms with Gasteiger partial charge in [0, 0.05) is 18.5 Å². The van der Waals surface area contributed by atoms with Crippen molar-refractivity contribution in [3.63, 3.8) is 0 Å². The number of phenolic OH excluding ortho intramolecular Hbond substituents is 1. The molecule has 2 rings (SSSR count). The molecule has 0 fully saturated rings. The van der Waals surface area contributed by atoms with Crippen LogP contribution in [-0.4, -0.2) is 17.6 Å². The molecule has 1 heterocycles. The minimum absolute atomic E-state index is 0.133. The van der Waals surface area contributed by atoms with Crippen LogP contribution in [0.1, 0.15) is 21.7 Å². The summed E-state index contributed by atoms with van der Waals surface area (Å²) < 4.78 is 5.16. The smallest absolute Gasteiger partial charge is 0.251 e. The molecule has 0 aliphatic heterocycles. The fourth-order valence-corrected chi connectivity index (χ4v) is 1.61. The van der Waals surface area contributed by atoms with Crippen LogP contribution in [0.25, 0.3) is 0 Å². The maximum Gasteiger partial charge on any atom is 0.251 e. The molecular formula is C14H15NO3. The Labute approximate surface area is 105 Å². The number of hydrogen-bond donors (Lipinski definition) is 2. The van der Waals surface area contributed by atoms with Crippen molar-refractivity contribution in [2.75, 3.05) is 6.54 Å². The van der Waals surface area contributed by atoms with Crippen molar-refractivity contribution in [2.24, 2.45) is 0 Å². The van der Waals surface area contributed by atoms with Crippen LogP contribution in [0.3, 0.4) is 0 Å². The molecule has 0 saturated heterocycles. The molecule has 4 nitrogen and oxygen atoms in total. The van der Waals surface area contributed by atoms with Crippen molar-refractivity contribution >= 4 is 5.91 Å². The van der Waals surface area contributed by atoms with Gasteiger partial charge in [-0.3, -0.25) is 4.79 Å². The van der Waals surface area contributed by atoms with Crippen molar-refractivity contribution in [1.29, 1.82) is 0 Å². The number of amides is 1. The molecule has 0 saturated carbocycles. The van der Waals surface area contributed by atoms with Gasteiger partial charge in [0.2, 0.25) is 0 Å². The summed E-state index contributed by atoms with van der Waals surface area (Å²) in [7, 11) is 0. The fourth-order valence-electron chi connectivity index (χ4n) is 1.61. The normalized spacial score (nSPS) is 10.3. The second kappa shape index (κ2) is 5.40. The summed E-state index contributed by atoms with van der Waals surface area (Å²) in [6.45, 7) is 2.29. The Balaban J connectivity index is 1.89. The largest absolute Gasteiger partial charge is 0.508 e. The fraction of sp³-hybridized carbons (Fsp3) is 0.214. The van der Waals surface area contributed by atoms with E-state index in [4.69, 9.17) is 4.42 Å². The summed E-state index contributed by atoms with van der Waals surface area (Å²) in [5.41, 5.74) is 1.21. The molecule has 94 valence electrons. The standard InChI is InChI=1S/C14H15NO3/c1-10-4-5-11(9-13(10)16)14(17)15-7-6-12-3-2-8-18-12/h2-5,8-9,16H,6-7H2,1H3,(H,15,17). The van der Waals surface area contributed by atoms with Gasteiger partial charge in [-0.25, -0.2) is 0 Å². The van der Waals surface area contributed by atoms with Gasteiger partial charge in [-0.15, -0.1) is 0 Å². The molecule has 1 aromatic heterocycles. The number of hydrogen-bond acceptors (Lipinski definition) is 3. The molecule has 0 unspecified atom stereocenters. The predicted octanol–water partition coefficient (Wildman–Crippen LogP) is 2.27. The minimum Gasteiger partial charge on any atom is -0.508 e. The first-order chi connectivity index (χ1) is 8.66. The zero-order valence-electron chi connectivity index (χ0n) is 10.1. The van der Waals surface area contributed by atoms with E-state index in [9.17, 15) is 9.90 Å². The summed E-state index contributed by atoms with van der Waals surface area (Å²) >= 11 is 0. The first kappa shape index (κ1) is 12.2. The van der Waals surface area contributed by atoms with E-state index in [0.29, 0.717) is 18.5 Å². The number of aromatic hydroxyl groups is 1. The van der Waals surface area contributed by atoms with Crippen LogP contribution in [0.15, 0.2) is 41.0 Å². The van der Waals surface area contributed by atoms with Crippen LogP contribution in [0, 0.1) is 6.92 Å². The number of furan rings is 1. The van der Waals surface area contributed by atoms with E-state index in [-0.39, 0.29) is 11.7 Å². The van der Waals surface area contributed by atoms with Gasteiger partial charge in [-0.1, -0.05) is 6.07 Å². The molecule has 0 bridgehead atoms. The number of rotatable bonds is 4. The Hall–Kier alpha value is -2.23. The number of aryl methyl sites for hydroxylation is 1. The molecule has 2 N–H and O–H groups in total. The average Bonchev–Trinajstić information content (AvgIpc) is 2.85. The monoisotopic (exact) mass is 245 g/mol. The van der Waals surface area contributed by atoms with Crippen molar-refractivity contribution in [3.05, 3.63) is 53.5 Å². The number of carbonyl (C=O) groups excluding carboxylic acids is 1. The van der Waals surface area contributed by atoms with Gasteiger partial charge in [0.1, 0.15) is 11.5 Å². The SMILES string of the molecule is Cc1ccc(C(=O)NCCc2ccco2)cc1O. The predicted molar refractivity (Wildman–Crippen MR) is 67.6 cm³/mol. The van der Waals surface area contributed by atoms with Crippen molar-refractivity contribution in [1.82, 2.24) is 5.32 Å². The number of benzene rings is 1. The van der Waals surface area contributed by atoms with E-state index in [1.54, 1.807) is 25.3 Å². The number of phenols is 1. The second-order valence-corrected chi connectivity index (χ2v) is 4.09. The lowest BCUT2D eigenvalue weighted by Crippen LogP contribution is -2.25. The van der Waals surface area contributed by atoms with Gasteiger partial charge >= 0.3 is 0 Å². The summed E-state index contributed by atoms with van der Waals surface area (Å²) in [6, 6.07) is 8.56. The third-order valence-electron chi connectivity index (χ3n) is 2.71. The number of nitrogens with one attached hydrogen (secondary N) is 1. The Bertz CT molecular complexity index is 532. The molecule has 0 aliphatic rings. The molecule has 18 heavy (non-hydrogen) atoms. The van der Waals surface area contributed by atoms with Crippen LogP contribution >= 0.6 is 0 Å². The van der Waals surface area contributed by atoms with Crippen molar-refractivity contribution < 1.29 is 14.3 Å². The van der Waals surface area contributed by atoms with E-state index < -0.39 is 0 Å². The lowest BCUT2D eigenvalue weighted by Gasteiger charge is -2.05. The minimum atomic E-state index is -0.197. The van der Waals surface area contributed by atoms with Crippen molar-refractivity contribution in [2.45, 2.75) is 13.3 Å². The Morgan fingerprint density at radius 1 is 1.39 bits per heavy atom. The highest BCUT2D eigenvalue weighted by atomic mass is 16.3. The second-order valence-electron chi connectivity index (χ2n) is 4.09. The molecule has 0 atom stereocenters. The Kier molecular flexibility index (Phi) is 3.67. The highest BCUT2D eigenvalue weighted by Gasteiger charge is 2.07. The molecule has 1 amide bonds. The van der Waals surface area contributed by atoms with Crippen LogP contribution in [0.5, 0.6) is 5.75 Å². The van der Waals surface area contributed by atoms with Gasteiger partial charge in [-0.2, -0.15) is 0 Å². The summed E-state index contributed by atoms with van der Waals surface area (Å²) in [5.74, 6) is 0.771. The zero-order valence-corrected chi connectivity index (χ0v) is 10.1. The highest BCUT2D eigenvalue weighted by molar-refractivity contribution is 5.94. The average molecular weight is 245 g/mol. The van der Waals surface area contributed by atoms with Gasteiger partial charge in [0.15, 0.2) is 0 Å². The van der Waals surface area contributed by atoms with E-state index >= 15 is 0 Å². The van der Waals surface area contributed by atoms with E-state index in [1.165, 1.54) is 6.07 Å². The van der Waals surface area contributed by atoms with E-state index in [0.717, 1.165) is 11.3 Å². The van der Waals surface area contributed by atoms with E-state index in [1.807, 2.05) is 12.1 Å². The maximum atomic E-state index is 11.8. The highest BCUT2D eigenvalue weighted by Crippen LogP contribution is 2.17. The van der Waals surface area contributed by atoms with Gasteiger partial charge in [0.05, 0.1) is 6.26 Å². The van der Waals surface area contributed by atoms with Crippen LogP contribution in [0.4, 0.5) is 0 Å². The third kappa shape index (κ3) is 2.91. The van der Waals surface area contributed by atoms with Crippen molar-refractivity contribution in [3.8, 4) is 5.75 Å². The van der Waals surface area contributed by atoms with E-state index in [2.05, 4.69) is 5.32 Å². The molecule has 0 aliphatic carbocycles. The maximum absolute atomic E-state index is 11.8. The quantitative estimate of drug-likeness (QED) is 0.868. The lowest BCUT2D eigenvalue weighted by molar-refractivity contribution is 0.0953. The van der Waals surface area contributed by atoms with Crippen LogP contribution < -0.4 is 5.32 Å².